The maximum atomic E-state index is 11.7. The largest absolute Gasteiger partial charge is 0.472 e. The zero-order chi connectivity index (χ0) is 11.5. The van der Waals surface area contributed by atoms with Crippen LogP contribution in [-0.4, -0.2) is 40.3 Å². The summed E-state index contributed by atoms with van der Waals surface area (Å²) in [6, 6.07) is -0.498. The molecular formula is C8H15BO5PY-. The summed E-state index contributed by atoms with van der Waals surface area (Å²) in [6.45, 7) is 1.93. The van der Waals surface area contributed by atoms with Crippen LogP contribution in [0.25, 0.3) is 0 Å². The fourth-order valence-corrected chi connectivity index (χ4v) is 2.20. The van der Waals surface area contributed by atoms with Crippen molar-refractivity contribution in [2.75, 3.05) is 14.2 Å². The van der Waals surface area contributed by atoms with Gasteiger partial charge in [0, 0.05) is 46.9 Å². The second kappa shape index (κ2) is 7.62. The van der Waals surface area contributed by atoms with Crippen molar-refractivity contribution >= 4 is 15.7 Å². The summed E-state index contributed by atoms with van der Waals surface area (Å²) in [5.74, 6) is 0. The van der Waals surface area contributed by atoms with Crippen molar-refractivity contribution in [3.63, 3.8) is 0 Å². The zero-order valence-electron chi connectivity index (χ0n) is 9.66. The molecule has 0 aromatic carbocycles. The van der Waals surface area contributed by atoms with Gasteiger partial charge in [0.05, 0.1) is 14.0 Å². The number of rotatable bonds is 5. The molecule has 0 spiro atoms. The molecule has 0 saturated carbocycles. The molecule has 5 nitrogen and oxygen atoms in total. The summed E-state index contributed by atoms with van der Waals surface area (Å²) in [4.78, 5) is 0. The molecule has 1 aliphatic heterocycles. The van der Waals surface area contributed by atoms with E-state index in [1.807, 2.05) is 6.92 Å². The molecule has 0 aromatic rings. The van der Waals surface area contributed by atoms with Gasteiger partial charge in [0.15, 0.2) is 0 Å². The molecular weight excluding hydrogens is 307 g/mol. The Labute approximate surface area is 123 Å². The smallest absolute Gasteiger partial charge is 0.415 e. The summed E-state index contributed by atoms with van der Waals surface area (Å²) in [6.07, 6.45) is 1.68. The third-order valence-electron chi connectivity index (χ3n) is 2.18. The minimum absolute atomic E-state index is 0. The van der Waals surface area contributed by atoms with E-state index in [1.54, 1.807) is 6.42 Å². The Morgan fingerprint density at radius 2 is 2.00 bits per heavy atom. The molecule has 89 valence electrons. The molecule has 1 rings (SSSR count). The quantitative estimate of drug-likeness (QED) is 0.434. The maximum Gasteiger partial charge on any atom is 0.472 e. The van der Waals surface area contributed by atoms with Crippen molar-refractivity contribution in [3.8, 4) is 0 Å². The topological polar surface area (TPSA) is 54.0 Å². The van der Waals surface area contributed by atoms with E-state index in [-0.39, 0.29) is 38.8 Å². The van der Waals surface area contributed by atoms with Crippen LogP contribution in [0.5, 0.6) is 0 Å². The van der Waals surface area contributed by atoms with Gasteiger partial charge in [-0.25, -0.2) is 4.57 Å². The third-order valence-corrected chi connectivity index (χ3v) is 3.57. The number of hydrogen-bond acceptors (Lipinski definition) is 5. The number of hydrogen-bond donors (Lipinski definition) is 0. The minimum atomic E-state index is -3.47. The second-order valence-electron chi connectivity index (χ2n) is 3.12. The molecule has 8 heteroatoms. The van der Waals surface area contributed by atoms with Gasteiger partial charge in [-0.3, -0.25) is 15.5 Å². The summed E-state index contributed by atoms with van der Waals surface area (Å²) >= 11 is 0. The molecule has 16 heavy (non-hydrogen) atoms. The normalized spacial score (nSPS) is 30.1. The second-order valence-corrected chi connectivity index (χ2v) is 4.96. The molecule has 1 aliphatic rings. The molecule has 0 N–H and O–H groups in total. The Balaban J connectivity index is 0.00000225. The van der Waals surface area contributed by atoms with E-state index < -0.39 is 19.9 Å². The predicted octanol–water partition coefficient (Wildman–Crippen LogP) is 1.28. The van der Waals surface area contributed by atoms with Gasteiger partial charge in [0.2, 0.25) is 0 Å². The Morgan fingerprint density at radius 3 is 2.44 bits per heavy atom. The van der Waals surface area contributed by atoms with Crippen molar-refractivity contribution in [2.45, 2.75) is 31.6 Å². The van der Waals surface area contributed by atoms with Crippen LogP contribution in [-0.2, 0) is 55.6 Å². The van der Waals surface area contributed by atoms with Gasteiger partial charge in [0.25, 0.3) is 0 Å². The molecule has 0 aliphatic carbocycles. The van der Waals surface area contributed by atoms with E-state index >= 15 is 0 Å². The minimum Gasteiger partial charge on any atom is -0.415 e. The average Bonchev–Trinajstić information content (AvgIpc) is 2.58. The first-order chi connectivity index (χ1) is 7.04. The fourth-order valence-electron chi connectivity index (χ4n) is 1.38. The molecule has 1 heterocycles. The zero-order valence-corrected chi connectivity index (χ0v) is 13.4. The predicted molar refractivity (Wildman–Crippen MR) is 55.5 cm³/mol. The third kappa shape index (κ3) is 4.49. The molecule has 0 bridgehead atoms. The van der Waals surface area contributed by atoms with Crippen LogP contribution in [0.4, 0.5) is 0 Å². The van der Waals surface area contributed by atoms with Crippen molar-refractivity contribution in [1.29, 1.82) is 0 Å². The van der Waals surface area contributed by atoms with Gasteiger partial charge in [-0.2, -0.15) is 0 Å². The van der Waals surface area contributed by atoms with Crippen LogP contribution in [0.15, 0.2) is 0 Å². The van der Waals surface area contributed by atoms with Crippen molar-refractivity contribution in [3.05, 3.63) is 6.42 Å². The summed E-state index contributed by atoms with van der Waals surface area (Å²) in [5.41, 5.74) is 0. The van der Waals surface area contributed by atoms with Crippen LogP contribution in [0.1, 0.15) is 13.3 Å². The van der Waals surface area contributed by atoms with Crippen LogP contribution in [0.3, 0.4) is 0 Å². The van der Waals surface area contributed by atoms with Gasteiger partial charge in [-0.15, -0.1) is 0 Å². The molecule has 1 fully saturated rings. The first kappa shape index (κ1) is 17.2. The van der Waals surface area contributed by atoms with E-state index in [2.05, 4.69) is 9.05 Å². The Hall–Kier alpha value is 1.24. The van der Waals surface area contributed by atoms with Gasteiger partial charge in [-0.1, -0.05) is 12.9 Å². The summed E-state index contributed by atoms with van der Waals surface area (Å²) in [5, 5.41) is 0. The Morgan fingerprint density at radius 1 is 1.44 bits per heavy atom. The van der Waals surface area contributed by atoms with Crippen LogP contribution >= 0.6 is 7.82 Å². The molecule has 1 saturated heterocycles. The number of phosphoric acid groups is 1. The van der Waals surface area contributed by atoms with Crippen molar-refractivity contribution < 1.29 is 55.6 Å². The summed E-state index contributed by atoms with van der Waals surface area (Å²) in [7, 11) is 4.62. The van der Waals surface area contributed by atoms with Crippen molar-refractivity contribution in [2.24, 2.45) is 0 Å². The molecule has 3 unspecified atom stereocenters. The molecule has 3 atom stereocenters. The van der Waals surface area contributed by atoms with E-state index in [1.165, 1.54) is 14.2 Å². The molecule has 3 radical (unpaired) electrons. The summed E-state index contributed by atoms with van der Waals surface area (Å²) < 4.78 is 31.6. The first-order valence-electron chi connectivity index (χ1n) is 4.70. The first-order valence-corrected chi connectivity index (χ1v) is 6.16. The average molecular weight is 322 g/mol. The maximum absolute atomic E-state index is 11.7. The molecule has 0 amide bonds. The van der Waals surface area contributed by atoms with E-state index in [4.69, 9.17) is 17.1 Å². The van der Waals surface area contributed by atoms with Crippen LogP contribution < -0.4 is 0 Å². The van der Waals surface area contributed by atoms with E-state index in [9.17, 15) is 4.57 Å². The SMILES string of the molecule is [B]C1[CH-]C(OP(=O)(OC)OC)C(CC)O1.[Y]. The monoisotopic (exact) mass is 322 g/mol. The standard InChI is InChI=1S/C8H15BO5P.Y/c1-4-6-7(5-8(9)13-6)14-15(10,11-2)12-3;/h5-8H,4H2,1-3H3;/q-1;. The van der Waals surface area contributed by atoms with Gasteiger partial charge < -0.3 is 9.26 Å². The molecule has 0 aromatic heterocycles. The van der Waals surface area contributed by atoms with Crippen molar-refractivity contribution in [1.82, 2.24) is 0 Å². The van der Waals surface area contributed by atoms with Gasteiger partial charge >= 0.3 is 7.82 Å². The van der Waals surface area contributed by atoms with E-state index in [0.29, 0.717) is 6.42 Å². The number of phosphoric ester groups is 1. The number of ether oxygens (including phenoxy) is 1. The fraction of sp³-hybridized carbons (Fsp3) is 0.875. The van der Waals surface area contributed by atoms with E-state index in [0.717, 1.165) is 0 Å². The van der Waals surface area contributed by atoms with Gasteiger partial charge in [-0.05, 0) is 12.5 Å². The Kier molecular flexibility index (Phi) is 8.22. The Bertz CT molecular complexity index is 247. The van der Waals surface area contributed by atoms with Gasteiger partial charge in [0.1, 0.15) is 0 Å². The van der Waals surface area contributed by atoms with Crippen LogP contribution in [0, 0.1) is 6.42 Å². The van der Waals surface area contributed by atoms with Crippen LogP contribution in [0.2, 0.25) is 0 Å².